The molecule has 1 aliphatic rings. The number of hydrogen-bond donors (Lipinski definition) is 1. The Hall–Kier alpha value is -3.61. The van der Waals surface area contributed by atoms with Crippen LogP contribution in [0.1, 0.15) is 30.5 Å². The quantitative estimate of drug-likeness (QED) is 0.761. The molecule has 2 amide bonds. The maximum Gasteiger partial charge on any atom is 0.308 e. The van der Waals surface area contributed by atoms with Gasteiger partial charge in [-0.2, -0.15) is 0 Å². The lowest BCUT2D eigenvalue weighted by molar-refractivity contribution is -0.149. The van der Waals surface area contributed by atoms with Crippen LogP contribution in [0.4, 0.5) is 5.69 Å². The first-order chi connectivity index (χ1) is 14.0. The SMILES string of the molecule is COc1ccc(NC(=O)COC(=O)C[C@H]2c3ccccc3C=CN2C(C)=O)cc1. The van der Waals surface area contributed by atoms with Crippen LogP contribution in [0.5, 0.6) is 5.75 Å². The molecule has 3 rings (SSSR count). The lowest BCUT2D eigenvalue weighted by Crippen LogP contribution is -2.33. The summed E-state index contributed by atoms with van der Waals surface area (Å²) in [5.74, 6) is -0.510. The Kier molecular flexibility index (Phi) is 6.29. The summed E-state index contributed by atoms with van der Waals surface area (Å²) in [4.78, 5) is 37.9. The van der Waals surface area contributed by atoms with Gasteiger partial charge in [0.2, 0.25) is 5.91 Å². The number of esters is 1. The van der Waals surface area contributed by atoms with E-state index in [-0.39, 0.29) is 12.3 Å². The Bertz CT molecular complexity index is 936. The molecule has 7 heteroatoms. The van der Waals surface area contributed by atoms with Crippen molar-refractivity contribution in [3.63, 3.8) is 0 Å². The summed E-state index contributed by atoms with van der Waals surface area (Å²) in [5.41, 5.74) is 2.38. The molecule has 0 bridgehead atoms. The number of methoxy groups -OCH3 is 1. The third-order valence-corrected chi connectivity index (χ3v) is 4.57. The van der Waals surface area contributed by atoms with Crippen molar-refractivity contribution in [2.75, 3.05) is 19.0 Å². The molecule has 0 saturated carbocycles. The van der Waals surface area contributed by atoms with E-state index in [1.165, 1.54) is 11.8 Å². The number of nitrogens with one attached hydrogen (secondary N) is 1. The van der Waals surface area contributed by atoms with E-state index in [9.17, 15) is 14.4 Å². The van der Waals surface area contributed by atoms with Gasteiger partial charge in [-0.15, -0.1) is 0 Å². The molecule has 29 heavy (non-hydrogen) atoms. The van der Waals surface area contributed by atoms with Crippen LogP contribution in [-0.4, -0.2) is 36.4 Å². The van der Waals surface area contributed by atoms with Gasteiger partial charge < -0.3 is 19.7 Å². The molecule has 7 nitrogen and oxygen atoms in total. The Morgan fingerprint density at radius 2 is 1.79 bits per heavy atom. The number of rotatable bonds is 6. The van der Waals surface area contributed by atoms with Crippen LogP contribution in [0.3, 0.4) is 0 Å². The van der Waals surface area contributed by atoms with Crippen LogP contribution in [0.15, 0.2) is 54.7 Å². The first kappa shape index (κ1) is 20.1. The molecule has 0 spiro atoms. The number of anilines is 1. The van der Waals surface area contributed by atoms with Crippen molar-refractivity contribution in [1.82, 2.24) is 4.90 Å². The highest BCUT2D eigenvalue weighted by Gasteiger charge is 2.28. The predicted molar refractivity (Wildman–Crippen MR) is 108 cm³/mol. The Balaban J connectivity index is 1.58. The topological polar surface area (TPSA) is 84.9 Å². The van der Waals surface area contributed by atoms with Gasteiger partial charge in [-0.3, -0.25) is 14.4 Å². The van der Waals surface area contributed by atoms with E-state index < -0.39 is 24.5 Å². The Morgan fingerprint density at radius 1 is 1.07 bits per heavy atom. The summed E-state index contributed by atoms with van der Waals surface area (Å²) in [6.07, 6.45) is 3.45. The van der Waals surface area contributed by atoms with Crippen molar-refractivity contribution in [3.8, 4) is 5.75 Å². The summed E-state index contributed by atoms with van der Waals surface area (Å²) in [5, 5.41) is 2.65. The van der Waals surface area contributed by atoms with E-state index in [2.05, 4.69) is 5.32 Å². The van der Waals surface area contributed by atoms with Crippen molar-refractivity contribution in [1.29, 1.82) is 0 Å². The van der Waals surface area contributed by atoms with Gasteiger partial charge in [0.15, 0.2) is 6.61 Å². The van der Waals surface area contributed by atoms with E-state index in [1.807, 2.05) is 30.3 Å². The second kappa shape index (κ2) is 9.05. The minimum atomic E-state index is -0.559. The van der Waals surface area contributed by atoms with Gasteiger partial charge in [-0.1, -0.05) is 24.3 Å². The van der Waals surface area contributed by atoms with Gasteiger partial charge in [0.25, 0.3) is 5.91 Å². The smallest absolute Gasteiger partial charge is 0.308 e. The van der Waals surface area contributed by atoms with E-state index in [0.29, 0.717) is 11.4 Å². The molecule has 1 aliphatic heterocycles. The average molecular weight is 394 g/mol. The Labute approximate surface area is 168 Å². The second-order valence-corrected chi connectivity index (χ2v) is 6.53. The van der Waals surface area contributed by atoms with E-state index >= 15 is 0 Å². The van der Waals surface area contributed by atoms with Crippen LogP contribution in [-0.2, 0) is 19.1 Å². The number of benzene rings is 2. The number of hydrogen-bond acceptors (Lipinski definition) is 5. The van der Waals surface area contributed by atoms with Crippen molar-refractivity contribution in [2.24, 2.45) is 0 Å². The highest BCUT2D eigenvalue weighted by Crippen LogP contribution is 2.33. The molecule has 1 heterocycles. The van der Waals surface area contributed by atoms with Crippen molar-refractivity contribution in [2.45, 2.75) is 19.4 Å². The van der Waals surface area contributed by atoms with Crippen LogP contribution < -0.4 is 10.1 Å². The fraction of sp³-hybridized carbons (Fsp3) is 0.227. The molecule has 1 atom stereocenters. The first-order valence-corrected chi connectivity index (χ1v) is 9.13. The molecule has 0 saturated heterocycles. The molecule has 2 aromatic carbocycles. The lowest BCUT2D eigenvalue weighted by atomic mass is 9.94. The monoisotopic (exact) mass is 394 g/mol. The largest absolute Gasteiger partial charge is 0.497 e. The fourth-order valence-electron chi connectivity index (χ4n) is 3.15. The van der Waals surface area contributed by atoms with Gasteiger partial charge in [-0.05, 0) is 41.5 Å². The summed E-state index contributed by atoms with van der Waals surface area (Å²) in [6, 6.07) is 13.9. The van der Waals surface area contributed by atoms with Crippen LogP contribution in [0.25, 0.3) is 6.08 Å². The molecule has 0 aromatic heterocycles. The van der Waals surface area contributed by atoms with Crippen LogP contribution >= 0.6 is 0 Å². The zero-order valence-electron chi connectivity index (χ0n) is 16.3. The molecular weight excluding hydrogens is 372 g/mol. The number of ether oxygens (including phenoxy) is 2. The lowest BCUT2D eigenvalue weighted by Gasteiger charge is -2.32. The molecule has 0 radical (unpaired) electrons. The molecule has 0 fully saturated rings. The minimum Gasteiger partial charge on any atom is -0.497 e. The van der Waals surface area contributed by atoms with Crippen molar-refractivity contribution >= 4 is 29.5 Å². The van der Waals surface area contributed by atoms with E-state index in [1.54, 1.807) is 37.6 Å². The zero-order chi connectivity index (χ0) is 20.8. The van der Waals surface area contributed by atoms with Crippen LogP contribution in [0, 0.1) is 0 Å². The first-order valence-electron chi connectivity index (χ1n) is 9.13. The standard InChI is InChI=1S/C22H22N2O5/c1-15(25)24-12-11-16-5-3-4-6-19(16)20(24)13-22(27)29-14-21(26)23-17-7-9-18(28-2)10-8-17/h3-12,20H,13-14H2,1-2H3,(H,23,26)/t20-/m0/s1. The normalized spacial score (nSPS) is 14.7. The molecule has 0 unspecified atom stereocenters. The summed E-state index contributed by atoms with van der Waals surface area (Å²) in [7, 11) is 1.56. The number of carbonyl (C=O) groups excluding carboxylic acids is 3. The second-order valence-electron chi connectivity index (χ2n) is 6.53. The van der Waals surface area contributed by atoms with Gasteiger partial charge in [-0.25, -0.2) is 0 Å². The molecule has 150 valence electrons. The number of amides is 2. The van der Waals surface area contributed by atoms with Gasteiger partial charge in [0, 0.05) is 18.8 Å². The summed E-state index contributed by atoms with van der Waals surface area (Å²) >= 11 is 0. The average Bonchev–Trinajstić information content (AvgIpc) is 2.73. The van der Waals surface area contributed by atoms with Crippen molar-refractivity contribution in [3.05, 3.63) is 65.9 Å². The molecule has 2 aromatic rings. The maximum atomic E-state index is 12.3. The Morgan fingerprint density at radius 3 is 2.48 bits per heavy atom. The molecule has 1 N–H and O–H groups in total. The van der Waals surface area contributed by atoms with E-state index in [0.717, 1.165) is 11.1 Å². The predicted octanol–water partition coefficient (Wildman–Crippen LogP) is 3.14. The zero-order valence-corrected chi connectivity index (χ0v) is 16.3. The highest BCUT2D eigenvalue weighted by atomic mass is 16.5. The van der Waals surface area contributed by atoms with Crippen molar-refractivity contribution < 1.29 is 23.9 Å². The molecule has 0 aliphatic carbocycles. The minimum absolute atomic E-state index is 0.0449. The summed E-state index contributed by atoms with van der Waals surface area (Å²) in [6.45, 7) is 1.04. The number of nitrogens with zero attached hydrogens (tertiary/aromatic N) is 1. The summed E-state index contributed by atoms with van der Waals surface area (Å²) < 4.78 is 10.2. The van der Waals surface area contributed by atoms with Gasteiger partial charge in [0.05, 0.1) is 19.6 Å². The van der Waals surface area contributed by atoms with Gasteiger partial charge >= 0.3 is 5.97 Å². The third-order valence-electron chi connectivity index (χ3n) is 4.57. The number of fused-ring (bicyclic) bond motifs is 1. The molecular formula is C22H22N2O5. The maximum absolute atomic E-state index is 12.3. The van der Waals surface area contributed by atoms with Crippen LogP contribution in [0.2, 0.25) is 0 Å². The fourth-order valence-corrected chi connectivity index (χ4v) is 3.15. The number of carbonyl (C=O) groups is 3. The van der Waals surface area contributed by atoms with E-state index in [4.69, 9.17) is 9.47 Å². The highest BCUT2D eigenvalue weighted by molar-refractivity contribution is 5.93. The van der Waals surface area contributed by atoms with Gasteiger partial charge in [0.1, 0.15) is 5.75 Å². The third kappa shape index (κ3) is 5.01.